The van der Waals surface area contributed by atoms with E-state index in [1.54, 1.807) is 7.11 Å². The van der Waals surface area contributed by atoms with Crippen LogP contribution >= 0.6 is 12.2 Å². The molecule has 1 aromatic rings. The molecule has 1 rings (SSSR count). The van der Waals surface area contributed by atoms with Crippen LogP contribution in [-0.4, -0.2) is 31.8 Å². The van der Waals surface area contributed by atoms with Crippen molar-refractivity contribution >= 4 is 29.0 Å². The first-order valence-electron chi connectivity index (χ1n) is 7.33. The van der Waals surface area contributed by atoms with Crippen molar-refractivity contribution in [2.45, 2.75) is 32.6 Å². The Bertz CT molecular complexity index is 506. The van der Waals surface area contributed by atoms with E-state index in [0.717, 1.165) is 42.8 Å². The molecule has 0 aliphatic carbocycles. The molecular weight excluding hydrogens is 300 g/mol. The molecule has 1 aromatic carbocycles. The second-order valence-electron chi connectivity index (χ2n) is 4.95. The molecule has 0 spiro atoms. The number of methoxy groups -OCH3 is 2. The molecule has 122 valence electrons. The van der Waals surface area contributed by atoms with Crippen molar-refractivity contribution < 1.29 is 14.3 Å². The molecule has 2 N–H and O–H groups in total. The lowest BCUT2D eigenvalue weighted by atomic mass is 10.2. The maximum atomic E-state index is 11.0. The van der Waals surface area contributed by atoms with E-state index < -0.39 is 0 Å². The monoisotopic (exact) mass is 324 g/mol. The number of rotatable bonds is 8. The number of benzene rings is 1. The van der Waals surface area contributed by atoms with Gasteiger partial charge in [0.05, 0.1) is 14.2 Å². The van der Waals surface area contributed by atoms with Gasteiger partial charge in [-0.25, -0.2) is 0 Å². The minimum atomic E-state index is -0.153. The van der Waals surface area contributed by atoms with E-state index in [-0.39, 0.29) is 5.97 Å². The third-order valence-corrected chi connectivity index (χ3v) is 3.50. The van der Waals surface area contributed by atoms with Gasteiger partial charge in [0.2, 0.25) is 0 Å². The van der Waals surface area contributed by atoms with E-state index in [2.05, 4.69) is 15.4 Å². The highest BCUT2D eigenvalue weighted by atomic mass is 32.1. The van der Waals surface area contributed by atoms with Crippen LogP contribution in [-0.2, 0) is 9.53 Å². The Morgan fingerprint density at radius 1 is 1.23 bits per heavy atom. The van der Waals surface area contributed by atoms with Crippen molar-refractivity contribution in [1.82, 2.24) is 5.32 Å². The van der Waals surface area contributed by atoms with E-state index in [1.807, 2.05) is 25.1 Å². The molecule has 5 nitrogen and oxygen atoms in total. The summed E-state index contributed by atoms with van der Waals surface area (Å²) in [4.78, 5) is 11.0. The topological polar surface area (TPSA) is 59.6 Å². The second-order valence-corrected chi connectivity index (χ2v) is 5.36. The van der Waals surface area contributed by atoms with Gasteiger partial charge in [0.25, 0.3) is 0 Å². The summed E-state index contributed by atoms with van der Waals surface area (Å²) in [6.07, 6.45) is 3.24. The fourth-order valence-corrected chi connectivity index (χ4v) is 2.16. The first kappa shape index (κ1) is 18.2. The van der Waals surface area contributed by atoms with Crippen LogP contribution in [0.5, 0.6) is 5.75 Å². The van der Waals surface area contributed by atoms with E-state index >= 15 is 0 Å². The van der Waals surface area contributed by atoms with Crippen molar-refractivity contribution in [2.75, 3.05) is 26.1 Å². The Kier molecular flexibility index (Phi) is 8.28. The molecule has 22 heavy (non-hydrogen) atoms. The summed E-state index contributed by atoms with van der Waals surface area (Å²) < 4.78 is 9.77. The molecular formula is C16H24N2O3S. The van der Waals surface area contributed by atoms with Crippen LogP contribution in [0.15, 0.2) is 18.2 Å². The van der Waals surface area contributed by atoms with Gasteiger partial charge in [0, 0.05) is 18.7 Å². The van der Waals surface area contributed by atoms with Gasteiger partial charge in [0.15, 0.2) is 5.11 Å². The van der Waals surface area contributed by atoms with Gasteiger partial charge in [-0.3, -0.25) is 4.79 Å². The summed E-state index contributed by atoms with van der Waals surface area (Å²) in [5.74, 6) is 0.674. The highest BCUT2D eigenvalue weighted by Crippen LogP contribution is 2.20. The maximum Gasteiger partial charge on any atom is 0.305 e. The lowest BCUT2D eigenvalue weighted by Crippen LogP contribution is -2.29. The van der Waals surface area contributed by atoms with E-state index in [0.29, 0.717) is 11.5 Å². The van der Waals surface area contributed by atoms with Gasteiger partial charge in [-0.2, -0.15) is 0 Å². The molecule has 0 heterocycles. The normalized spacial score (nSPS) is 9.95. The average Bonchev–Trinajstić information content (AvgIpc) is 2.52. The third kappa shape index (κ3) is 6.76. The number of ether oxygens (including phenoxy) is 2. The number of unbranched alkanes of at least 4 members (excludes halogenated alkanes) is 2. The number of esters is 1. The molecule has 0 aromatic heterocycles. The first-order chi connectivity index (χ1) is 10.6. The second kappa shape index (κ2) is 10.00. The Morgan fingerprint density at radius 3 is 2.64 bits per heavy atom. The van der Waals surface area contributed by atoms with Gasteiger partial charge < -0.3 is 20.1 Å². The van der Waals surface area contributed by atoms with Crippen LogP contribution in [0.2, 0.25) is 0 Å². The zero-order valence-corrected chi connectivity index (χ0v) is 14.2. The van der Waals surface area contributed by atoms with Crippen molar-refractivity contribution in [2.24, 2.45) is 0 Å². The highest BCUT2D eigenvalue weighted by Gasteiger charge is 2.03. The quantitative estimate of drug-likeness (QED) is 0.435. The maximum absolute atomic E-state index is 11.0. The number of hydrogen-bond donors (Lipinski definition) is 2. The molecule has 0 aliphatic rings. The molecule has 0 fully saturated rings. The summed E-state index contributed by atoms with van der Waals surface area (Å²) in [7, 11) is 3.06. The summed E-state index contributed by atoms with van der Waals surface area (Å²) in [5, 5.41) is 6.93. The van der Waals surface area contributed by atoms with Gasteiger partial charge in [-0.15, -0.1) is 0 Å². The molecule has 0 amide bonds. The molecule has 0 radical (unpaired) electrons. The fraction of sp³-hybridized carbons (Fsp3) is 0.500. The van der Waals surface area contributed by atoms with Crippen LogP contribution in [0.4, 0.5) is 5.69 Å². The van der Waals surface area contributed by atoms with Crippen molar-refractivity contribution in [3.05, 3.63) is 23.8 Å². The Balaban J connectivity index is 2.22. The van der Waals surface area contributed by atoms with Gasteiger partial charge in [0.1, 0.15) is 5.75 Å². The molecule has 0 saturated carbocycles. The van der Waals surface area contributed by atoms with Crippen molar-refractivity contribution in [3.63, 3.8) is 0 Å². The van der Waals surface area contributed by atoms with E-state index in [4.69, 9.17) is 17.0 Å². The first-order valence-corrected chi connectivity index (χ1v) is 7.74. The molecule has 0 unspecified atom stereocenters. The third-order valence-electron chi connectivity index (χ3n) is 3.25. The Hall–Kier alpha value is -1.82. The van der Waals surface area contributed by atoms with Gasteiger partial charge in [-0.05, 0) is 55.7 Å². The molecule has 0 atom stereocenters. The number of aryl methyl sites for hydroxylation is 1. The smallest absolute Gasteiger partial charge is 0.305 e. The lowest BCUT2D eigenvalue weighted by Gasteiger charge is -2.13. The number of carbonyl (C=O) groups excluding carboxylic acids is 1. The zero-order valence-electron chi connectivity index (χ0n) is 13.4. The minimum Gasteiger partial charge on any atom is -0.497 e. The largest absolute Gasteiger partial charge is 0.497 e. The Labute approximate surface area is 137 Å². The number of thiocarbonyl (C=S) groups is 1. The predicted octanol–water partition coefficient (Wildman–Crippen LogP) is 3.02. The van der Waals surface area contributed by atoms with E-state index in [9.17, 15) is 4.79 Å². The fourth-order valence-electron chi connectivity index (χ4n) is 1.94. The molecule has 6 heteroatoms. The Morgan fingerprint density at radius 2 is 2.00 bits per heavy atom. The standard InChI is InChI=1S/C16H24N2O3S/c1-12-11-13(20-2)8-9-14(12)18-16(22)17-10-6-4-5-7-15(19)21-3/h8-9,11H,4-7,10H2,1-3H3,(H2,17,18,22). The molecule has 0 aliphatic heterocycles. The number of carbonyl (C=O) groups is 1. The predicted molar refractivity (Wildman–Crippen MR) is 92.4 cm³/mol. The SMILES string of the molecule is COC(=O)CCCCCNC(=S)Nc1ccc(OC)cc1C. The van der Waals surface area contributed by atoms with Crippen molar-refractivity contribution in [3.8, 4) is 5.75 Å². The number of anilines is 1. The summed E-state index contributed by atoms with van der Waals surface area (Å²) in [5.41, 5.74) is 2.03. The van der Waals surface area contributed by atoms with Crippen LogP contribution in [0, 0.1) is 6.92 Å². The van der Waals surface area contributed by atoms with Crippen LogP contribution in [0.1, 0.15) is 31.2 Å². The summed E-state index contributed by atoms with van der Waals surface area (Å²) >= 11 is 5.27. The number of nitrogens with one attached hydrogen (secondary N) is 2. The molecule has 0 saturated heterocycles. The summed E-state index contributed by atoms with van der Waals surface area (Å²) in [6.45, 7) is 2.78. The zero-order chi connectivity index (χ0) is 16.4. The summed E-state index contributed by atoms with van der Waals surface area (Å²) in [6, 6.07) is 5.79. The highest BCUT2D eigenvalue weighted by molar-refractivity contribution is 7.80. The molecule has 0 bridgehead atoms. The van der Waals surface area contributed by atoms with Gasteiger partial charge in [-0.1, -0.05) is 6.42 Å². The minimum absolute atomic E-state index is 0.153. The van der Waals surface area contributed by atoms with Crippen molar-refractivity contribution in [1.29, 1.82) is 0 Å². The average molecular weight is 324 g/mol. The lowest BCUT2D eigenvalue weighted by molar-refractivity contribution is -0.140. The van der Waals surface area contributed by atoms with Crippen LogP contribution in [0.25, 0.3) is 0 Å². The van der Waals surface area contributed by atoms with Gasteiger partial charge >= 0.3 is 5.97 Å². The van der Waals surface area contributed by atoms with E-state index in [1.165, 1.54) is 7.11 Å². The number of hydrogen-bond acceptors (Lipinski definition) is 4. The van der Waals surface area contributed by atoms with Crippen LogP contribution in [0.3, 0.4) is 0 Å². The van der Waals surface area contributed by atoms with Crippen LogP contribution < -0.4 is 15.4 Å².